The fourth-order valence-electron chi connectivity index (χ4n) is 3.73. The van der Waals surface area contributed by atoms with Gasteiger partial charge < -0.3 is 10.6 Å². The van der Waals surface area contributed by atoms with Gasteiger partial charge in [-0.15, -0.1) is 0 Å². The van der Waals surface area contributed by atoms with Crippen molar-refractivity contribution in [3.05, 3.63) is 77.4 Å². The summed E-state index contributed by atoms with van der Waals surface area (Å²) in [6.07, 6.45) is 1.49. The topological polar surface area (TPSA) is 83.7 Å². The van der Waals surface area contributed by atoms with Crippen LogP contribution in [-0.2, 0) is 20.8 Å². The minimum Gasteiger partial charge on any atom is -0.340 e. The third-order valence-electron chi connectivity index (χ3n) is 5.29. The van der Waals surface area contributed by atoms with Crippen LogP contribution in [0.15, 0.2) is 54.6 Å². The molecule has 0 aromatic heterocycles. The highest BCUT2D eigenvalue weighted by Gasteiger charge is 2.38. The number of carbonyl (C=O) groups is 3. The Morgan fingerprint density at radius 1 is 1.16 bits per heavy atom. The van der Waals surface area contributed by atoms with Crippen LogP contribution < -0.4 is 5.73 Å². The molecule has 6 nitrogen and oxygen atoms in total. The van der Waals surface area contributed by atoms with E-state index in [2.05, 4.69) is 0 Å². The number of amides is 3. The van der Waals surface area contributed by atoms with Crippen LogP contribution in [-0.4, -0.2) is 53.2 Å². The number of benzene rings is 2. The summed E-state index contributed by atoms with van der Waals surface area (Å²) in [6.45, 7) is 1.73. The number of halogens is 2. The van der Waals surface area contributed by atoms with E-state index in [9.17, 15) is 23.2 Å². The van der Waals surface area contributed by atoms with Crippen LogP contribution >= 0.6 is 0 Å². The summed E-state index contributed by atoms with van der Waals surface area (Å²) in [5.74, 6) is -3.56. The summed E-state index contributed by atoms with van der Waals surface area (Å²) in [7, 11) is 1.60. The number of rotatable bonds is 5. The Bertz CT molecular complexity index is 1030. The van der Waals surface area contributed by atoms with Crippen LogP contribution in [0.3, 0.4) is 0 Å². The van der Waals surface area contributed by atoms with Gasteiger partial charge in [0.2, 0.25) is 17.7 Å². The first-order chi connectivity index (χ1) is 15.2. The lowest BCUT2D eigenvalue weighted by Gasteiger charge is -2.31. The van der Waals surface area contributed by atoms with Crippen molar-refractivity contribution in [2.45, 2.75) is 31.8 Å². The zero-order chi connectivity index (χ0) is 23.4. The quantitative estimate of drug-likeness (QED) is 0.773. The molecular formula is C24H25F2N3O3. The van der Waals surface area contributed by atoms with Gasteiger partial charge in [-0.05, 0) is 42.2 Å². The van der Waals surface area contributed by atoms with Gasteiger partial charge in [0.15, 0.2) is 0 Å². The molecule has 0 radical (unpaired) electrons. The van der Waals surface area contributed by atoms with Crippen molar-refractivity contribution in [3.63, 3.8) is 0 Å². The third kappa shape index (κ3) is 5.26. The molecule has 2 N–H and O–H groups in total. The molecule has 32 heavy (non-hydrogen) atoms. The number of likely N-dealkylation sites (N-methyl/N-ethyl adjacent to an activating group) is 1. The third-order valence-corrected chi connectivity index (χ3v) is 5.29. The van der Waals surface area contributed by atoms with Gasteiger partial charge >= 0.3 is 0 Å². The number of hydrogen-bond donors (Lipinski definition) is 1. The molecule has 2 atom stereocenters. The van der Waals surface area contributed by atoms with E-state index >= 15 is 0 Å². The van der Waals surface area contributed by atoms with Crippen LogP contribution in [0.25, 0.3) is 5.57 Å². The van der Waals surface area contributed by atoms with Crippen molar-refractivity contribution < 1.29 is 23.2 Å². The minimum atomic E-state index is -1.11. The molecule has 0 spiro atoms. The zero-order valence-electron chi connectivity index (χ0n) is 17.9. The number of nitrogens with zero attached hydrogens (tertiary/aromatic N) is 2. The van der Waals surface area contributed by atoms with E-state index < -0.39 is 47.9 Å². The number of imide groups is 1. The van der Waals surface area contributed by atoms with Crippen molar-refractivity contribution in [3.8, 4) is 0 Å². The van der Waals surface area contributed by atoms with E-state index in [0.717, 1.165) is 28.2 Å². The van der Waals surface area contributed by atoms with Crippen LogP contribution in [0, 0.1) is 11.6 Å². The van der Waals surface area contributed by atoms with E-state index in [4.69, 9.17) is 5.73 Å². The van der Waals surface area contributed by atoms with Gasteiger partial charge in [-0.1, -0.05) is 36.4 Å². The van der Waals surface area contributed by atoms with Crippen molar-refractivity contribution >= 4 is 23.3 Å². The lowest BCUT2D eigenvalue weighted by Crippen LogP contribution is -2.56. The Hall–Kier alpha value is -3.39. The van der Waals surface area contributed by atoms with Gasteiger partial charge in [0, 0.05) is 19.7 Å². The number of nitrogens with two attached hydrogens (primary N) is 1. The molecular weight excluding hydrogens is 416 g/mol. The molecule has 1 aliphatic heterocycles. The van der Waals surface area contributed by atoms with Crippen molar-refractivity contribution in [2.24, 2.45) is 5.73 Å². The SMILES string of the molecule is C[C@H](N)C(=O)N(C(=O)Cc1cc(F)cc(F)c1)[C@H]1CC=C(c2ccccc2)CN(C)C1=O. The highest BCUT2D eigenvalue weighted by molar-refractivity contribution is 6.03. The predicted octanol–water partition coefficient (Wildman–Crippen LogP) is 2.52. The van der Waals surface area contributed by atoms with Gasteiger partial charge in [0.25, 0.3) is 0 Å². The summed E-state index contributed by atoms with van der Waals surface area (Å²) in [6, 6.07) is 10.1. The van der Waals surface area contributed by atoms with Gasteiger partial charge in [0.1, 0.15) is 17.7 Å². The molecule has 0 unspecified atom stereocenters. The molecule has 8 heteroatoms. The number of hydrogen-bond acceptors (Lipinski definition) is 4. The molecule has 0 aliphatic carbocycles. The Kier molecular flexibility index (Phi) is 7.15. The average Bonchev–Trinajstić information content (AvgIpc) is 2.87. The molecule has 1 heterocycles. The fourth-order valence-corrected chi connectivity index (χ4v) is 3.73. The van der Waals surface area contributed by atoms with Crippen molar-refractivity contribution in [1.82, 2.24) is 9.80 Å². The first-order valence-electron chi connectivity index (χ1n) is 10.2. The van der Waals surface area contributed by atoms with Gasteiger partial charge in [-0.2, -0.15) is 0 Å². The predicted molar refractivity (Wildman–Crippen MR) is 116 cm³/mol. The Balaban J connectivity index is 1.94. The molecule has 3 rings (SSSR count). The molecule has 3 amide bonds. The second-order valence-electron chi connectivity index (χ2n) is 7.89. The Morgan fingerprint density at radius 2 is 1.78 bits per heavy atom. The molecule has 0 fully saturated rings. The van der Waals surface area contributed by atoms with Crippen LogP contribution in [0.4, 0.5) is 8.78 Å². The van der Waals surface area contributed by atoms with Crippen LogP contribution in [0.2, 0.25) is 0 Å². The standard InChI is InChI=1S/C24H25F2N3O3/c1-15(27)23(31)29(22(30)12-16-10-19(25)13-20(26)11-16)21-9-8-18(14-28(2)24(21)32)17-6-4-3-5-7-17/h3-8,10-11,13,15,21H,9,12,14,27H2,1-2H3/t15-,21-/m0/s1. The van der Waals surface area contributed by atoms with Crippen molar-refractivity contribution in [1.29, 1.82) is 0 Å². The summed E-state index contributed by atoms with van der Waals surface area (Å²) in [5.41, 5.74) is 7.63. The molecule has 0 saturated heterocycles. The van der Waals surface area contributed by atoms with Crippen LogP contribution in [0.1, 0.15) is 24.5 Å². The largest absolute Gasteiger partial charge is 0.340 e. The average molecular weight is 441 g/mol. The minimum absolute atomic E-state index is 0.0601. The maximum Gasteiger partial charge on any atom is 0.246 e. The molecule has 1 aliphatic rings. The monoisotopic (exact) mass is 441 g/mol. The first kappa shape index (κ1) is 23.3. The second-order valence-corrected chi connectivity index (χ2v) is 7.89. The Morgan fingerprint density at radius 3 is 2.38 bits per heavy atom. The Labute approximate surface area is 185 Å². The summed E-state index contributed by atoms with van der Waals surface area (Å²) in [5, 5.41) is 0. The maximum atomic E-state index is 13.6. The smallest absolute Gasteiger partial charge is 0.246 e. The van der Waals surface area contributed by atoms with E-state index in [1.165, 1.54) is 11.8 Å². The summed E-state index contributed by atoms with van der Waals surface area (Å²) < 4.78 is 27.1. The van der Waals surface area contributed by atoms with E-state index in [1.807, 2.05) is 36.4 Å². The van der Waals surface area contributed by atoms with Crippen LogP contribution in [0.5, 0.6) is 0 Å². The fraction of sp³-hybridized carbons (Fsp3) is 0.292. The second kappa shape index (κ2) is 9.82. The van der Waals surface area contributed by atoms with Gasteiger partial charge in [0.05, 0.1) is 12.5 Å². The van der Waals surface area contributed by atoms with E-state index in [1.54, 1.807) is 7.05 Å². The molecule has 2 aromatic carbocycles. The highest BCUT2D eigenvalue weighted by Crippen LogP contribution is 2.24. The summed E-state index contributed by atoms with van der Waals surface area (Å²) >= 11 is 0. The number of carbonyl (C=O) groups excluding carboxylic acids is 3. The van der Waals surface area contributed by atoms with Crippen molar-refractivity contribution in [2.75, 3.05) is 13.6 Å². The van der Waals surface area contributed by atoms with Gasteiger partial charge in [-0.3, -0.25) is 19.3 Å². The lowest BCUT2D eigenvalue weighted by atomic mass is 10.0. The summed E-state index contributed by atoms with van der Waals surface area (Å²) in [4.78, 5) is 41.4. The molecule has 0 bridgehead atoms. The van der Waals surface area contributed by atoms with E-state index in [0.29, 0.717) is 12.6 Å². The molecule has 2 aromatic rings. The molecule has 0 saturated carbocycles. The molecule has 168 valence electrons. The highest BCUT2D eigenvalue weighted by atomic mass is 19.1. The zero-order valence-corrected chi connectivity index (χ0v) is 17.9. The normalized spacial score (nSPS) is 17.4. The maximum absolute atomic E-state index is 13.6. The van der Waals surface area contributed by atoms with E-state index in [-0.39, 0.29) is 12.0 Å². The van der Waals surface area contributed by atoms with Gasteiger partial charge in [-0.25, -0.2) is 8.78 Å². The lowest BCUT2D eigenvalue weighted by molar-refractivity contribution is -0.154. The first-order valence-corrected chi connectivity index (χ1v) is 10.2.